The summed E-state index contributed by atoms with van der Waals surface area (Å²) < 4.78 is 18.7. The number of halogens is 2. The average Bonchev–Trinajstić information content (AvgIpc) is 3.44. The third-order valence-electron chi connectivity index (χ3n) is 6.51. The number of carbonyl (C=O) groups is 1. The van der Waals surface area contributed by atoms with E-state index in [-0.39, 0.29) is 34.7 Å². The zero-order chi connectivity index (χ0) is 30.6. The summed E-state index contributed by atoms with van der Waals surface area (Å²) in [4.78, 5) is 30.8. The van der Waals surface area contributed by atoms with Crippen molar-refractivity contribution in [1.29, 1.82) is 0 Å². The maximum Gasteiger partial charge on any atom is 0.282 e. The first kappa shape index (κ1) is 29.0. The van der Waals surface area contributed by atoms with Crippen molar-refractivity contribution in [2.75, 3.05) is 18.5 Å². The molecule has 0 spiro atoms. The zero-order valence-electron chi connectivity index (χ0n) is 23.3. The molecule has 0 atom stereocenters. The predicted molar refractivity (Wildman–Crippen MR) is 172 cm³/mol. The molecule has 6 aromatic rings. The third kappa shape index (κ3) is 6.15. The van der Waals surface area contributed by atoms with E-state index in [1.807, 2.05) is 25.1 Å². The lowest BCUT2D eigenvalue weighted by molar-refractivity contribution is -0.118. The number of para-hydroxylation sites is 2. The van der Waals surface area contributed by atoms with Gasteiger partial charge in [0.05, 0.1) is 28.7 Å². The highest BCUT2D eigenvalue weighted by Crippen LogP contribution is 2.36. The Balaban J connectivity index is 1.34. The number of ether oxygens (including phenoxy) is 2. The van der Waals surface area contributed by atoms with Crippen LogP contribution in [0.5, 0.6) is 11.5 Å². The molecule has 0 aliphatic carbocycles. The summed E-state index contributed by atoms with van der Waals surface area (Å²) in [5.41, 5.74) is 1.86. The van der Waals surface area contributed by atoms with Crippen LogP contribution in [0.4, 0.5) is 5.69 Å². The number of hydrogen-bond donors (Lipinski definition) is 1. The highest BCUT2D eigenvalue weighted by Gasteiger charge is 2.18. The van der Waals surface area contributed by atoms with E-state index >= 15 is 0 Å². The third-order valence-corrected chi connectivity index (χ3v) is 7.03. The van der Waals surface area contributed by atoms with E-state index in [2.05, 4.69) is 10.4 Å². The van der Waals surface area contributed by atoms with Gasteiger partial charge in [0, 0.05) is 16.1 Å². The summed E-state index contributed by atoms with van der Waals surface area (Å²) in [5.74, 6) is 0.710. The zero-order valence-corrected chi connectivity index (χ0v) is 24.8. The Morgan fingerprint density at radius 3 is 2.61 bits per heavy atom. The van der Waals surface area contributed by atoms with Gasteiger partial charge in [-0.3, -0.25) is 9.59 Å². The lowest BCUT2D eigenvalue weighted by Crippen LogP contribution is -2.20. The van der Waals surface area contributed by atoms with Crippen LogP contribution in [-0.2, 0) is 4.79 Å². The number of fused-ring (bicyclic) bond motifs is 2. The SMILES string of the molecule is CCOc1cc(C=Nn2c(-c3cc4cc(Cl)ccc4o3)nc3ccccc3c2=O)cc(Cl)c1OCC(=O)Nc1ccccc1. The van der Waals surface area contributed by atoms with Gasteiger partial charge in [0.1, 0.15) is 5.58 Å². The van der Waals surface area contributed by atoms with Crippen molar-refractivity contribution in [3.63, 3.8) is 0 Å². The number of nitrogens with zero attached hydrogens (tertiary/aromatic N) is 3. The molecule has 6 rings (SSSR count). The molecule has 0 unspecified atom stereocenters. The molecule has 220 valence electrons. The molecule has 0 fully saturated rings. The summed E-state index contributed by atoms with van der Waals surface area (Å²) >= 11 is 12.8. The summed E-state index contributed by atoms with van der Waals surface area (Å²) in [7, 11) is 0. The van der Waals surface area contributed by atoms with E-state index in [9.17, 15) is 9.59 Å². The van der Waals surface area contributed by atoms with Gasteiger partial charge in [0.2, 0.25) is 5.82 Å². The van der Waals surface area contributed by atoms with Crippen molar-refractivity contribution in [3.8, 4) is 23.1 Å². The molecule has 11 heteroatoms. The smallest absolute Gasteiger partial charge is 0.282 e. The van der Waals surface area contributed by atoms with E-state index in [1.165, 1.54) is 10.9 Å². The molecule has 4 aromatic carbocycles. The second kappa shape index (κ2) is 12.6. The Hall–Kier alpha value is -5.12. The molecule has 0 aliphatic rings. The maximum absolute atomic E-state index is 13.6. The van der Waals surface area contributed by atoms with Crippen LogP contribution in [0.1, 0.15) is 12.5 Å². The summed E-state index contributed by atoms with van der Waals surface area (Å²) in [6, 6.07) is 26.3. The van der Waals surface area contributed by atoms with Gasteiger partial charge in [-0.05, 0) is 73.2 Å². The molecule has 0 saturated heterocycles. The second-order valence-electron chi connectivity index (χ2n) is 9.57. The molecule has 2 heterocycles. The summed E-state index contributed by atoms with van der Waals surface area (Å²) in [5, 5.41) is 9.15. The molecule has 0 saturated carbocycles. The van der Waals surface area contributed by atoms with E-state index in [0.29, 0.717) is 50.9 Å². The predicted octanol–water partition coefficient (Wildman–Crippen LogP) is 7.41. The minimum Gasteiger partial charge on any atom is -0.490 e. The van der Waals surface area contributed by atoms with Crippen molar-refractivity contribution in [1.82, 2.24) is 9.66 Å². The van der Waals surface area contributed by atoms with Crippen molar-refractivity contribution in [2.45, 2.75) is 6.92 Å². The quantitative estimate of drug-likeness (QED) is 0.167. The van der Waals surface area contributed by atoms with Gasteiger partial charge in [-0.15, -0.1) is 0 Å². The molecule has 0 bridgehead atoms. The van der Waals surface area contributed by atoms with E-state index < -0.39 is 0 Å². The van der Waals surface area contributed by atoms with Crippen LogP contribution in [0, 0.1) is 0 Å². The fraction of sp³-hybridized carbons (Fsp3) is 0.0909. The van der Waals surface area contributed by atoms with Crippen molar-refractivity contribution < 1.29 is 18.7 Å². The molecule has 2 aromatic heterocycles. The highest BCUT2D eigenvalue weighted by molar-refractivity contribution is 6.32. The van der Waals surface area contributed by atoms with Gasteiger partial charge in [-0.2, -0.15) is 9.78 Å². The van der Waals surface area contributed by atoms with Gasteiger partial charge in [0.15, 0.2) is 23.9 Å². The largest absolute Gasteiger partial charge is 0.490 e. The number of furan rings is 1. The topological polar surface area (TPSA) is 108 Å². The number of aromatic nitrogens is 2. The second-order valence-corrected chi connectivity index (χ2v) is 10.4. The molecule has 9 nitrogen and oxygen atoms in total. The van der Waals surface area contributed by atoms with Gasteiger partial charge in [0.25, 0.3) is 11.5 Å². The monoisotopic (exact) mass is 626 g/mol. The standard InChI is InChI=1S/C33H24Cl2N4O5/c1-2-42-28-15-20(14-25(35)31(28)43-19-30(40)37-23-8-4-3-5-9-23)18-36-39-32(38-26-11-7-6-10-24(26)33(39)41)29-17-21-16-22(34)12-13-27(21)44-29/h3-18H,2,19H2,1H3,(H,37,40). The van der Waals surface area contributed by atoms with E-state index in [0.717, 1.165) is 5.39 Å². The van der Waals surface area contributed by atoms with E-state index in [4.69, 9.17) is 42.1 Å². The average molecular weight is 627 g/mol. The Morgan fingerprint density at radius 1 is 1.00 bits per heavy atom. The summed E-state index contributed by atoms with van der Waals surface area (Å²) in [6.45, 7) is 1.85. The van der Waals surface area contributed by atoms with Gasteiger partial charge >= 0.3 is 0 Å². The summed E-state index contributed by atoms with van der Waals surface area (Å²) in [6.07, 6.45) is 1.46. The van der Waals surface area contributed by atoms with Crippen LogP contribution in [0.3, 0.4) is 0 Å². The fourth-order valence-electron chi connectivity index (χ4n) is 4.56. The molecule has 1 amide bonds. The number of nitrogens with one attached hydrogen (secondary N) is 1. The first-order valence-electron chi connectivity index (χ1n) is 13.6. The highest BCUT2D eigenvalue weighted by atomic mass is 35.5. The lowest BCUT2D eigenvalue weighted by atomic mass is 10.2. The number of carbonyl (C=O) groups excluding carboxylic acids is 1. The maximum atomic E-state index is 13.6. The molecule has 44 heavy (non-hydrogen) atoms. The lowest BCUT2D eigenvalue weighted by Gasteiger charge is -2.14. The molecular weight excluding hydrogens is 603 g/mol. The minimum absolute atomic E-state index is 0.197. The number of hydrogen-bond acceptors (Lipinski definition) is 7. The van der Waals surface area contributed by atoms with Crippen LogP contribution in [0.2, 0.25) is 10.0 Å². The molecule has 0 radical (unpaired) electrons. The molecule has 0 aliphatic heterocycles. The van der Waals surface area contributed by atoms with Crippen LogP contribution in [-0.4, -0.2) is 35.0 Å². The van der Waals surface area contributed by atoms with Crippen LogP contribution in [0.15, 0.2) is 105 Å². The van der Waals surface area contributed by atoms with Crippen LogP contribution in [0.25, 0.3) is 33.5 Å². The van der Waals surface area contributed by atoms with Gasteiger partial charge < -0.3 is 19.2 Å². The number of rotatable bonds is 9. The Bertz CT molecular complexity index is 2090. The van der Waals surface area contributed by atoms with Crippen LogP contribution >= 0.6 is 23.2 Å². The van der Waals surface area contributed by atoms with Gasteiger partial charge in [-0.25, -0.2) is 4.98 Å². The minimum atomic E-state index is -0.388. The van der Waals surface area contributed by atoms with Crippen molar-refractivity contribution in [2.24, 2.45) is 5.10 Å². The number of amides is 1. The number of benzene rings is 4. The fourth-order valence-corrected chi connectivity index (χ4v) is 5.02. The Labute approximate surface area is 261 Å². The number of anilines is 1. The van der Waals surface area contributed by atoms with Gasteiger partial charge in [-0.1, -0.05) is 53.5 Å². The van der Waals surface area contributed by atoms with Crippen molar-refractivity contribution >= 4 is 62.9 Å². The normalized spacial score (nSPS) is 11.3. The first-order chi connectivity index (χ1) is 21.4. The Morgan fingerprint density at radius 2 is 1.80 bits per heavy atom. The van der Waals surface area contributed by atoms with E-state index in [1.54, 1.807) is 72.8 Å². The molecular formula is C33H24Cl2N4O5. The molecule has 1 N–H and O–H groups in total. The Kier molecular flexibility index (Phi) is 8.31. The first-order valence-corrected chi connectivity index (χ1v) is 14.3. The van der Waals surface area contributed by atoms with Crippen LogP contribution < -0.4 is 20.3 Å². The van der Waals surface area contributed by atoms with Crippen molar-refractivity contribution in [3.05, 3.63) is 117 Å².